The van der Waals surface area contributed by atoms with Gasteiger partial charge in [0, 0.05) is 43.3 Å². The Balaban J connectivity index is 1.61. The van der Waals surface area contributed by atoms with Crippen LogP contribution >= 0.6 is 22.9 Å². The van der Waals surface area contributed by atoms with Crippen molar-refractivity contribution >= 4 is 34.5 Å². The fraction of sp³-hybridized carbons (Fsp3) is 0.273. The second-order valence-corrected chi connectivity index (χ2v) is 8.13. The fourth-order valence-electron chi connectivity index (χ4n) is 2.76. The first-order chi connectivity index (χ1) is 14.0. The summed E-state index contributed by atoms with van der Waals surface area (Å²) in [5.74, 6) is 0.645. The van der Waals surface area contributed by atoms with Gasteiger partial charge < -0.3 is 14.5 Å². The Labute approximate surface area is 180 Å². The quantitative estimate of drug-likeness (QED) is 0.499. The molecule has 29 heavy (non-hydrogen) atoms. The fourth-order valence-corrected chi connectivity index (χ4v) is 3.57. The Morgan fingerprint density at radius 1 is 1.10 bits per heavy atom. The Bertz CT molecular complexity index is 939. The van der Waals surface area contributed by atoms with Crippen molar-refractivity contribution in [3.05, 3.63) is 75.2 Å². The smallest absolute Gasteiger partial charge is 0.273 e. The van der Waals surface area contributed by atoms with Gasteiger partial charge in [-0.2, -0.15) is 0 Å². The molecular formula is C22H24ClN3O2S. The number of amides is 1. The summed E-state index contributed by atoms with van der Waals surface area (Å²) in [6, 6.07) is 15.4. The molecule has 0 N–H and O–H groups in total. The lowest BCUT2D eigenvalue weighted by Crippen LogP contribution is -2.30. The standard InChI is InChI=1S/C22H24ClN3O2S/c1-4-26(13-16-5-9-18(10-6-16)25(2)3)22(27)20-15-29-21(24-20)14-28-19-11-7-17(23)8-12-19/h5-12,15H,4,13-14H2,1-3H3. The number of ether oxygens (including phenoxy) is 1. The van der Waals surface area contributed by atoms with Crippen molar-refractivity contribution in [2.45, 2.75) is 20.1 Å². The van der Waals surface area contributed by atoms with E-state index in [1.165, 1.54) is 11.3 Å². The van der Waals surface area contributed by atoms with E-state index in [1.807, 2.05) is 33.2 Å². The Kier molecular flexibility index (Phi) is 7.12. The second kappa shape index (κ2) is 9.76. The van der Waals surface area contributed by atoms with Crippen LogP contribution in [0.1, 0.15) is 28.0 Å². The van der Waals surface area contributed by atoms with Gasteiger partial charge in [-0.05, 0) is 48.9 Å². The molecule has 7 heteroatoms. The molecule has 3 rings (SSSR count). The van der Waals surface area contributed by atoms with Crippen LogP contribution in [0.2, 0.25) is 5.02 Å². The second-order valence-electron chi connectivity index (χ2n) is 6.75. The number of thiazole rings is 1. The first-order valence-electron chi connectivity index (χ1n) is 9.34. The summed E-state index contributed by atoms with van der Waals surface area (Å²) in [6.07, 6.45) is 0. The molecule has 5 nitrogen and oxygen atoms in total. The van der Waals surface area contributed by atoms with Crippen LogP contribution < -0.4 is 9.64 Å². The van der Waals surface area contributed by atoms with Crippen LogP contribution in [0.5, 0.6) is 5.75 Å². The summed E-state index contributed by atoms with van der Waals surface area (Å²) in [5.41, 5.74) is 2.68. The van der Waals surface area contributed by atoms with E-state index < -0.39 is 0 Å². The van der Waals surface area contributed by atoms with Crippen LogP contribution in [0.25, 0.3) is 0 Å². The molecule has 2 aromatic carbocycles. The minimum absolute atomic E-state index is 0.0711. The summed E-state index contributed by atoms with van der Waals surface area (Å²) >= 11 is 7.30. The molecule has 0 radical (unpaired) electrons. The molecular weight excluding hydrogens is 406 g/mol. The van der Waals surface area contributed by atoms with Crippen molar-refractivity contribution in [1.82, 2.24) is 9.88 Å². The molecule has 1 amide bonds. The highest BCUT2D eigenvalue weighted by Gasteiger charge is 2.18. The highest BCUT2D eigenvalue weighted by Crippen LogP contribution is 2.20. The molecule has 0 unspecified atom stereocenters. The lowest BCUT2D eigenvalue weighted by atomic mass is 10.2. The van der Waals surface area contributed by atoms with Crippen LogP contribution in [-0.4, -0.2) is 36.4 Å². The van der Waals surface area contributed by atoms with E-state index in [0.717, 1.165) is 16.3 Å². The van der Waals surface area contributed by atoms with Crippen molar-refractivity contribution in [2.75, 3.05) is 25.5 Å². The highest BCUT2D eigenvalue weighted by molar-refractivity contribution is 7.09. The maximum absolute atomic E-state index is 12.9. The third-order valence-corrected chi connectivity index (χ3v) is 5.52. The number of carbonyl (C=O) groups excluding carboxylic acids is 1. The molecule has 0 atom stereocenters. The van der Waals surface area contributed by atoms with Gasteiger partial charge >= 0.3 is 0 Å². The minimum Gasteiger partial charge on any atom is -0.486 e. The summed E-state index contributed by atoms with van der Waals surface area (Å²) in [4.78, 5) is 21.2. The van der Waals surface area contributed by atoms with E-state index in [2.05, 4.69) is 34.1 Å². The number of halogens is 1. The average Bonchev–Trinajstić information content (AvgIpc) is 3.20. The number of hydrogen-bond donors (Lipinski definition) is 0. The molecule has 0 bridgehead atoms. The molecule has 0 aliphatic rings. The van der Waals surface area contributed by atoms with Gasteiger partial charge in [-0.3, -0.25) is 4.79 Å². The third kappa shape index (κ3) is 5.71. The molecule has 0 fully saturated rings. The van der Waals surface area contributed by atoms with Gasteiger partial charge in [0.05, 0.1) is 0 Å². The average molecular weight is 430 g/mol. The van der Waals surface area contributed by atoms with E-state index in [0.29, 0.717) is 36.2 Å². The first-order valence-corrected chi connectivity index (χ1v) is 10.6. The number of carbonyl (C=O) groups is 1. The summed E-state index contributed by atoms with van der Waals surface area (Å²) < 4.78 is 5.71. The molecule has 0 saturated carbocycles. The van der Waals surface area contributed by atoms with Gasteiger partial charge in [0.1, 0.15) is 23.1 Å². The van der Waals surface area contributed by atoms with Crippen molar-refractivity contribution in [2.24, 2.45) is 0 Å². The topological polar surface area (TPSA) is 45.7 Å². The van der Waals surface area contributed by atoms with Gasteiger partial charge in [-0.25, -0.2) is 4.98 Å². The zero-order valence-corrected chi connectivity index (χ0v) is 18.3. The Morgan fingerprint density at radius 3 is 2.41 bits per heavy atom. The largest absolute Gasteiger partial charge is 0.486 e. The molecule has 0 saturated heterocycles. The molecule has 0 spiro atoms. The Morgan fingerprint density at radius 2 is 1.79 bits per heavy atom. The van der Waals surface area contributed by atoms with E-state index in [4.69, 9.17) is 16.3 Å². The van der Waals surface area contributed by atoms with E-state index in [-0.39, 0.29) is 5.91 Å². The zero-order valence-electron chi connectivity index (χ0n) is 16.8. The van der Waals surface area contributed by atoms with E-state index >= 15 is 0 Å². The number of anilines is 1. The highest BCUT2D eigenvalue weighted by atomic mass is 35.5. The molecule has 0 aliphatic heterocycles. The van der Waals surface area contributed by atoms with Crippen LogP contribution in [0, 0.1) is 0 Å². The lowest BCUT2D eigenvalue weighted by Gasteiger charge is -2.20. The molecule has 3 aromatic rings. The lowest BCUT2D eigenvalue weighted by molar-refractivity contribution is 0.0747. The summed E-state index contributed by atoms with van der Waals surface area (Å²) in [6.45, 7) is 3.46. The summed E-state index contributed by atoms with van der Waals surface area (Å²) in [7, 11) is 4.01. The van der Waals surface area contributed by atoms with Gasteiger partial charge in [-0.15, -0.1) is 11.3 Å². The van der Waals surface area contributed by atoms with Crippen LogP contribution in [0.3, 0.4) is 0 Å². The Hall–Kier alpha value is -2.57. The number of aromatic nitrogens is 1. The summed E-state index contributed by atoms with van der Waals surface area (Å²) in [5, 5.41) is 3.21. The number of rotatable bonds is 8. The normalized spacial score (nSPS) is 10.6. The predicted octanol–water partition coefficient (Wildman–Crippen LogP) is 5.10. The van der Waals surface area contributed by atoms with E-state index in [1.54, 1.807) is 22.4 Å². The number of benzene rings is 2. The minimum atomic E-state index is -0.0711. The molecule has 1 aromatic heterocycles. The van der Waals surface area contributed by atoms with Crippen molar-refractivity contribution in [1.29, 1.82) is 0 Å². The van der Waals surface area contributed by atoms with Crippen LogP contribution in [0.15, 0.2) is 53.9 Å². The number of nitrogens with zero attached hydrogens (tertiary/aromatic N) is 3. The zero-order chi connectivity index (χ0) is 20.8. The van der Waals surface area contributed by atoms with Crippen molar-refractivity contribution in [3.63, 3.8) is 0 Å². The third-order valence-electron chi connectivity index (χ3n) is 4.44. The SMILES string of the molecule is CCN(Cc1ccc(N(C)C)cc1)C(=O)c1csc(COc2ccc(Cl)cc2)n1. The maximum Gasteiger partial charge on any atom is 0.273 e. The van der Waals surface area contributed by atoms with Crippen molar-refractivity contribution < 1.29 is 9.53 Å². The predicted molar refractivity (Wildman–Crippen MR) is 119 cm³/mol. The number of hydrogen-bond acceptors (Lipinski definition) is 5. The monoisotopic (exact) mass is 429 g/mol. The molecule has 0 aliphatic carbocycles. The van der Waals surface area contributed by atoms with E-state index in [9.17, 15) is 4.79 Å². The van der Waals surface area contributed by atoms with Crippen LogP contribution in [0.4, 0.5) is 5.69 Å². The first kappa shape index (κ1) is 21.1. The van der Waals surface area contributed by atoms with Gasteiger partial charge in [0.25, 0.3) is 5.91 Å². The van der Waals surface area contributed by atoms with Gasteiger partial charge in [0.15, 0.2) is 0 Å². The molecule has 152 valence electrons. The maximum atomic E-state index is 12.9. The molecule has 1 heterocycles. The van der Waals surface area contributed by atoms with Gasteiger partial charge in [-0.1, -0.05) is 23.7 Å². The van der Waals surface area contributed by atoms with Gasteiger partial charge in [0.2, 0.25) is 0 Å². The van der Waals surface area contributed by atoms with Crippen LogP contribution in [-0.2, 0) is 13.2 Å². The van der Waals surface area contributed by atoms with Crippen molar-refractivity contribution in [3.8, 4) is 5.75 Å².